The van der Waals surface area contributed by atoms with Gasteiger partial charge in [-0.05, 0) is 18.2 Å². The summed E-state index contributed by atoms with van der Waals surface area (Å²) in [6.45, 7) is -2.40. The lowest BCUT2D eigenvalue weighted by Gasteiger charge is -2.38. The van der Waals surface area contributed by atoms with Crippen LogP contribution in [0.1, 0.15) is 10.4 Å². The molecule has 6 heteroatoms. The molecule has 0 aliphatic carbocycles. The van der Waals surface area contributed by atoms with Crippen LogP contribution in [0.25, 0.3) is 0 Å². The van der Waals surface area contributed by atoms with E-state index >= 15 is 0 Å². The molecule has 0 spiro atoms. The van der Waals surface area contributed by atoms with Gasteiger partial charge in [0.15, 0.2) is 0 Å². The van der Waals surface area contributed by atoms with Gasteiger partial charge in [0.25, 0.3) is 5.91 Å². The molecule has 1 heterocycles. The van der Waals surface area contributed by atoms with Crippen LogP contribution in [0.2, 0.25) is 0 Å². The summed E-state index contributed by atoms with van der Waals surface area (Å²) in [6.07, 6.45) is -0.570. The van der Waals surface area contributed by atoms with Gasteiger partial charge in [0.05, 0.1) is 13.2 Å². The summed E-state index contributed by atoms with van der Waals surface area (Å²) in [5, 5.41) is 0. The molecule has 1 aliphatic rings. The first kappa shape index (κ1) is 12.8. The molecule has 1 saturated heterocycles. The lowest BCUT2D eigenvalue weighted by Crippen LogP contribution is -2.55. The van der Waals surface area contributed by atoms with Gasteiger partial charge in [0, 0.05) is 18.7 Å². The molecule has 1 aliphatic heterocycles. The van der Waals surface area contributed by atoms with Gasteiger partial charge in [0.1, 0.15) is 5.75 Å². The minimum atomic E-state index is -2.79. The summed E-state index contributed by atoms with van der Waals surface area (Å²) in [6, 6.07) is 6.71. The number of hydrogen-bond donors (Lipinski definition) is 0. The standard InChI is InChI=1S/C12H13F2NO3/c1-17-9-4-2-3-8(5-9)11(16)15-6-10(7-15)18-12(13)14/h2-5,10,12H,6-7H2,1H3. The van der Waals surface area contributed by atoms with Crippen LogP contribution in [0.15, 0.2) is 24.3 Å². The number of halogens is 2. The van der Waals surface area contributed by atoms with Crippen molar-refractivity contribution in [3.63, 3.8) is 0 Å². The third-order valence-electron chi connectivity index (χ3n) is 2.75. The molecule has 0 saturated carbocycles. The maximum Gasteiger partial charge on any atom is 0.345 e. The van der Waals surface area contributed by atoms with Crippen LogP contribution < -0.4 is 4.74 Å². The van der Waals surface area contributed by atoms with Crippen LogP contribution in [0.4, 0.5) is 8.78 Å². The first-order chi connectivity index (χ1) is 8.60. The summed E-state index contributed by atoms with van der Waals surface area (Å²) < 4.78 is 33.1. The van der Waals surface area contributed by atoms with Gasteiger partial charge in [-0.25, -0.2) is 0 Å². The second-order valence-electron chi connectivity index (χ2n) is 3.96. The summed E-state index contributed by atoms with van der Waals surface area (Å²) in [5.74, 6) is 0.379. The highest BCUT2D eigenvalue weighted by Gasteiger charge is 2.33. The molecule has 0 atom stereocenters. The summed E-state index contributed by atoms with van der Waals surface area (Å²) in [4.78, 5) is 13.4. The minimum absolute atomic E-state index is 0.195. The highest BCUT2D eigenvalue weighted by Crippen LogP contribution is 2.20. The second-order valence-corrected chi connectivity index (χ2v) is 3.96. The zero-order valence-corrected chi connectivity index (χ0v) is 9.81. The Bertz CT molecular complexity index is 433. The predicted molar refractivity (Wildman–Crippen MR) is 59.8 cm³/mol. The van der Waals surface area contributed by atoms with Gasteiger partial charge in [-0.1, -0.05) is 6.07 Å². The van der Waals surface area contributed by atoms with E-state index < -0.39 is 12.7 Å². The number of benzene rings is 1. The van der Waals surface area contributed by atoms with Crippen molar-refractivity contribution in [1.82, 2.24) is 4.90 Å². The highest BCUT2D eigenvalue weighted by atomic mass is 19.3. The van der Waals surface area contributed by atoms with Gasteiger partial charge >= 0.3 is 6.61 Å². The molecule has 0 bridgehead atoms. The van der Waals surface area contributed by atoms with E-state index in [2.05, 4.69) is 4.74 Å². The molecular weight excluding hydrogens is 244 g/mol. The lowest BCUT2D eigenvalue weighted by molar-refractivity contribution is -0.189. The van der Waals surface area contributed by atoms with Gasteiger partial charge in [-0.3, -0.25) is 4.79 Å². The molecule has 4 nitrogen and oxygen atoms in total. The largest absolute Gasteiger partial charge is 0.497 e. The molecule has 1 aromatic carbocycles. The zero-order valence-electron chi connectivity index (χ0n) is 9.81. The first-order valence-electron chi connectivity index (χ1n) is 5.47. The number of hydrogen-bond acceptors (Lipinski definition) is 3. The molecule has 0 radical (unpaired) electrons. The van der Waals surface area contributed by atoms with Crippen molar-refractivity contribution in [2.45, 2.75) is 12.7 Å². The van der Waals surface area contributed by atoms with Gasteiger partial charge < -0.3 is 14.4 Å². The fourth-order valence-electron chi connectivity index (χ4n) is 1.77. The summed E-state index contributed by atoms with van der Waals surface area (Å²) in [5.41, 5.74) is 0.477. The average Bonchev–Trinajstić information content (AvgIpc) is 2.32. The summed E-state index contributed by atoms with van der Waals surface area (Å²) >= 11 is 0. The van der Waals surface area contributed by atoms with Crippen LogP contribution in [-0.2, 0) is 4.74 Å². The van der Waals surface area contributed by atoms with E-state index in [0.717, 1.165) is 0 Å². The third kappa shape index (κ3) is 2.76. The van der Waals surface area contributed by atoms with Gasteiger partial charge in [-0.15, -0.1) is 0 Å². The number of carbonyl (C=O) groups is 1. The molecule has 18 heavy (non-hydrogen) atoms. The SMILES string of the molecule is COc1cccc(C(=O)N2CC(OC(F)F)C2)c1. The Morgan fingerprint density at radius 3 is 2.78 bits per heavy atom. The normalized spacial score (nSPS) is 15.7. The van der Waals surface area contributed by atoms with Crippen LogP contribution in [0.3, 0.4) is 0 Å². The van der Waals surface area contributed by atoms with Crippen LogP contribution in [0, 0.1) is 0 Å². The third-order valence-corrected chi connectivity index (χ3v) is 2.75. The number of nitrogens with zero attached hydrogens (tertiary/aromatic N) is 1. The predicted octanol–water partition coefficient (Wildman–Crippen LogP) is 1.76. The van der Waals surface area contributed by atoms with Gasteiger partial charge in [-0.2, -0.15) is 8.78 Å². The Labute approximate surface area is 103 Å². The second kappa shape index (κ2) is 5.30. The topological polar surface area (TPSA) is 38.8 Å². The Hall–Kier alpha value is -1.69. The molecule has 1 fully saturated rings. The van der Waals surface area contributed by atoms with Crippen LogP contribution >= 0.6 is 0 Å². The molecular formula is C12H13F2NO3. The minimum Gasteiger partial charge on any atom is -0.497 e. The number of methoxy groups -OCH3 is 1. The van der Waals surface area contributed by atoms with E-state index in [1.165, 1.54) is 12.0 Å². The number of rotatable bonds is 4. The van der Waals surface area contributed by atoms with Crippen molar-refractivity contribution in [2.24, 2.45) is 0 Å². The maximum atomic E-state index is 12.0. The Kier molecular flexibility index (Phi) is 3.76. The van der Waals surface area contributed by atoms with E-state index in [4.69, 9.17) is 4.74 Å². The van der Waals surface area contributed by atoms with E-state index in [9.17, 15) is 13.6 Å². The van der Waals surface area contributed by atoms with Crippen molar-refractivity contribution in [2.75, 3.05) is 20.2 Å². The molecule has 2 rings (SSSR count). The smallest absolute Gasteiger partial charge is 0.345 e. The van der Waals surface area contributed by atoms with Crippen molar-refractivity contribution in [1.29, 1.82) is 0 Å². The maximum absolute atomic E-state index is 12.0. The van der Waals surface area contributed by atoms with Crippen molar-refractivity contribution < 1.29 is 23.0 Å². The molecule has 98 valence electrons. The number of alkyl halides is 2. The average molecular weight is 257 g/mol. The molecule has 1 amide bonds. The molecule has 0 unspecified atom stereocenters. The van der Waals surface area contributed by atoms with Crippen molar-refractivity contribution in [3.8, 4) is 5.75 Å². The fourth-order valence-corrected chi connectivity index (χ4v) is 1.77. The van der Waals surface area contributed by atoms with E-state index in [-0.39, 0.29) is 19.0 Å². The number of amides is 1. The van der Waals surface area contributed by atoms with Crippen molar-refractivity contribution in [3.05, 3.63) is 29.8 Å². The van der Waals surface area contributed by atoms with E-state index in [1.807, 2.05) is 0 Å². The number of ether oxygens (including phenoxy) is 2. The van der Waals surface area contributed by atoms with Crippen LogP contribution in [0.5, 0.6) is 5.75 Å². The Morgan fingerprint density at radius 2 is 2.17 bits per heavy atom. The number of carbonyl (C=O) groups excluding carboxylic acids is 1. The fraction of sp³-hybridized carbons (Fsp3) is 0.417. The monoisotopic (exact) mass is 257 g/mol. The van der Waals surface area contributed by atoms with Gasteiger partial charge in [0.2, 0.25) is 0 Å². The first-order valence-corrected chi connectivity index (χ1v) is 5.47. The lowest BCUT2D eigenvalue weighted by atomic mass is 10.1. The zero-order chi connectivity index (χ0) is 13.1. The quantitative estimate of drug-likeness (QED) is 0.825. The molecule has 0 aromatic heterocycles. The summed E-state index contributed by atoms with van der Waals surface area (Å²) in [7, 11) is 1.51. The molecule has 0 N–H and O–H groups in total. The Morgan fingerprint density at radius 1 is 1.44 bits per heavy atom. The van der Waals surface area contributed by atoms with Crippen LogP contribution in [-0.4, -0.2) is 43.7 Å². The highest BCUT2D eigenvalue weighted by molar-refractivity contribution is 5.95. The Balaban J connectivity index is 1.93. The molecule has 1 aromatic rings. The van der Waals surface area contributed by atoms with E-state index in [1.54, 1.807) is 24.3 Å². The van der Waals surface area contributed by atoms with E-state index in [0.29, 0.717) is 11.3 Å². The number of likely N-dealkylation sites (tertiary alicyclic amines) is 1. The van der Waals surface area contributed by atoms with Crippen molar-refractivity contribution >= 4 is 5.91 Å².